The number of amides is 1. The molecule has 2 heterocycles. The van der Waals surface area contributed by atoms with Gasteiger partial charge in [-0.3, -0.25) is 0 Å². The molecule has 0 unspecified atom stereocenters. The van der Waals surface area contributed by atoms with Crippen molar-refractivity contribution in [3.63, 3.8) is 0 Å². The second-order valence-electron chi connectivity index (χ2n) is 8.03. The number of likely N-dealkylation sites (tertiary alicyclic amines) is 1. The van der Waals surface area contributed by atoms with Gasteiger partial charge in [0, 0.05) is 35.7 Å². The molecule has 29 heavy (non-hydrogen) atoms. The van der Waals surface area contributed by atoms with Gasteiger partial charge in [0.2, 0.25) is 10.0 Å². The van der Waals surface area contributed by atoms with Crippen molar-refractivity contribution < 1.29 is 17.9 Å². The van der Waals surface area contributed by atoms with Crippen molar-refractivity contribution in [3.05, 3.63) is 29.3 Å². The summed E-state index contributed by atoms with van der Waals surface area (Å²) in [5.74, 6) is 1.38. The third kappa shape index (κ3) is 4.13. The van der Waals surface area contributed by atoms with E-state index in [0.29, 0.717) is 30.0 Å². The summed E-state index contributed by atoms with van der Waals surface area (Å²) in [7, 11) is -3.73. The summed E-state index contributed by atoms with van der Waals surface area (Å²) in [4.78, 5) is 14.6. The Bertz CT molecular complexity index is 852. The molecule has 2 saturated heterocycles. The van der Waals surface area contributed by atoms with Crippen molar-refractivity contribution in [2.45, 2.75) is 61.6 Å². The molecule has 0 N–H and O–H groups in total. The van der Waals surface area contributed by atoms with Gasteiger partial charge < -0.3 is 9.64 Å². The van der Waals surface area contributed by atoms with E-state index in [4.69, 9.17) is 16.3 Å². The number of hydrogen-bond donors (Lipinski definition) is 0. The molecule has 9 heteroatoms. The summed E-state index contributed by atoms with van der Waals surface area (Å²) >= 11 is 7.71. The van der Waals surface area contributed by atoms with Crippen molar-refractivity contribution in [1.29, 1.82) is 0 Å². The third-order valence-corrected chi connectivity index (χ3v) is 9.52. The molecule has 2 aliphatic heterocycles. The largest absolute Gasteiger partial charge is 0.441 e. The van der Waals surface area contributed by atoms with E-state index in [0.717, 1.165) is 31.7 Å². The molecule has 1 amide bonds. The lowest BCUT2D eigenvalue weighted by molar-refractivity contribution is 0.0149. The van der Waals surface area contributed by atoms with Gasteiger partial charge >= 0.3 is 6.09 Å². The average Bonchev–Trinajstić information content (AvgIpc) is 3.27. The van der Waals surface area contributed by atoms with Crippen molar-refractivity contribution >= 4 is 39.5 Å². The summed E-state index contributed by atoms with van der Waals surface area (Å²) in [6.45, 7) is 3.45. The van der Waals surface area contributed by atoms with Crippen LogP contribution in [0.1, 0.15) is 39.0 Å². The maximum atomic E-state index is 13.6. The highest BCUT2D eigenvalue weighted by Crippen LogP contribution is 2.49. The molecular formula is C20H27ClN2O4S2. The molecule has 3 fully saturated rings. The van der Waals surface area contributed by atoms with E-state index >= 15 is 0 Å². The van der Waals surface area contributed by atoms with Crippen LogP contribution in [0.2, 0.25) is 5.02 Å². The van der Waals surface area contributed by atoms with Gasteiger partial charge in [0.05, 0.1) is 10.9 Å². The van der Waals surface area contributed by atoms with E-state index in [2.05, 4.69) is 0 Å². The fourth-order valence-corrected chi connectivity index (χ4v) is 8.00. The number of rotatable bonds is 5. The Balaban J connectivity index is 1.63. The zero-order valence-electron chi connectivity index (χ0n) is 16.5. The quantitative estimate of drug-likeness (QED) is 0.667. The Morgan fingerprint density at radius 1 is 1.21 bits per heavy atom. The number of ether oxygens (including phenoxy) is 1. The van der Waals surface area contributed by atoms with Gasteiger partial charge in [-0.15, -0.1) is 0 Å². The number of hydrogen-bond acceptors (Lipinski definition) is 5. The minimum Gasteiger partial charge on any atom is -0.441 e. The molecule has 0 radical (unpaired) electrons. The zero-order chi connectivity index (χ0) is 20.6. The monoisotopic (exact) mass is 458 g/mol. The summed E-state index contributed by atoms with van der Waals surface area (Å²) in [5, 5.41) is 0.500. The molecule has 1 aliphatic carbocycles. The first-order chi connectivity index (χ1) is 13.9. The number of halogens is 1. The van der Waals surface area contributed by atoms with Gasteiger partial charge in [-0.05, 0) is 56.4 Å². The lowest BCUT2D eigenvalue weighted by Gasteiger charge is -2.44. The molecule has 2 atom stereocenters. The Labute approximate surface area is 182 Å². The van der Waals surface area contributed by atoms with Crippen LogP contribution in [0.25, 0.3) is 0 Å². The van der Waals surface area contributed by atoms with E-state index < -0.39 is 15.6 Å². The minimum absolute atomic E-state index is 0.123. The van der Waals surface area contributed by atoms with Gasteiger partial charge in [0.1, 0.15) is 5.60 Å². The van der Waals surface area contributed by atoms with Crippen molar-refractivity contribution in [2.75, 3.05) is 24.6 Å². The number of carbonyl (C=O) groups is 1. The van der Waals surface area contributed by atoms with Gasteiger partial charge in [0.25, 0.3) is 0 Å². The Kier molecular flexibility index (Phi) is 6.08. The fraction of sp³-hybridized carbons (Fsp3) is 0.650. The van der Waals surface area contributed by atoms with Crippen LogP contribution in [0.15, 0.2) is 29.2 Å². The Morgan fingerprint density at radius 3 is 2.45 bits per heavy atom. The maximum absolute atomic E-state index is 13.6. The predicted octanol–water partition coefficient (Wildman–Crippen LogP) is 3.99. The van der Waals surface area contributed by atoms with E-state index in [9.17, 15) is 13.2 Å². The molecule has 1 aromatic carbocycles. The van der Waals surface area contributed by atoms with Crippen LogP contribution >= 0.6 is 23.4 Å². The molecular weight excluding hydrogens is 432 g/mol. The number of thioether (sulfide) groups is 1. The summed E-state index contributed by atoms with van der Waals surface area (Å²) in [6, 6.07) is 5.84. The second kappa shape index (κ2) is 8.29. The Morgan fingerprint density at radius 2 is 1.86 bits per heavy atom. The first-order valence-electron chi connectivity index (χ1n) is 10.2. The van der Waals surface area contributed by atoms with Crippen LogP contribution in [0, 0.1) is 0 Å². The number of carbonyl (C=O) groups excluding carboxylic acids is 1. The second-order valence-corrected chi connectivity index (χ2v) is 11.4. The van der Waals surface area contributed by atoms with Gasteiger partial charge in [-0.1, -0.05) is 18.5 Å². The van der Waals surface area contributed by atoms with Gasteiger partial charge in [0.15, 0.2) is 0 Å². The van der Waals surface area contributed by atoms with Crippen molar-refractivity contribution in [2.24, 2.45) is 0 Å². The summed E-state index contributed by atoms with van der Waals surface area (Å²) in [5.41, 5.74) is -0.708. The normalized spacial score (nSPS) is 27.0. The van der Waals surface area contributed by atoms with Gasteiger partial charge in [-0.25, -0.2) is 13.2 Å². The molecule has 160 valence electrons. The van der Waals surface area contributed by atoms with Crippen molar-refractivity contribution in [1.82, 2.24) is 9.21 Å². The molecule has 0 bridgehead atoms. The first kappa shape index (κ1) is 21.3. The van der Waals surface area contributed by atoms with E-state index in [1.807, 2.05) is 6.92 Å². The van der Waals surface area contributed by atoms with Crippen LogP contribution < -0.4 is 0 Å². The van der Waals surface area contributed by atoms with Crippen LogP contribution in [0.5, 0.6) is 0 Å². The minimum atomic E-state index is -3.73. The molecule has 0 aromatic heterocycles. The van der Waals surface area contributed by atoms with Crippen LogP contribution in [-0.2, 0) is 14.8 Å². The van der Waals surface area contributed by atoms with E-state index in [1.54, 1.807) is 45.2 Å². The van der Waals surface area contributed by atoms with E-state index in [1.165, 1.54) is 0 Å². The molecule has 3 aliphatic rings. The zero-order valence-corrected chi connectivity index (χ0v) is 18.9. The van der Waals surface area contributed by atoms with Crippen LogP contribution in [-0.4, -0.2) is 66.0 Å². The molecule has 4 rings (SSSR count). The SMILES string of the molecule is CC[C@@H]1CSC[C@H](C2(OC(=O)N3CCCC3)CC2)N1S(=O)(=O)c1ccc(Cl)cc1. The lowest BCUT2D eigenvalue weighted by atomic mass is 10.1. The smallest absolute Gasteiger partial charge is 0.410 e. The molecule has 6 nitrogen and oxygen atoms in total. The van der Waals surface area contributed by atoms with Gasteiger partial charge in [-0.2, -0.15) is 16.1 Å². The van der Waals surface area contributed by atoms with Crippen LogP contribution in [0.3, 0.4) is 0 Å². The summed E-state index contributed by atoms with van der Waals surface area (Å²) < 4.78 is 34.9. The van der Waals surface area contributed by atoms with E-state index in [-0.39, 0.29) is 23.1 Å². The lowest BCUT2D eigenvalue weighted by Crippen LogP contribution is -2.59. The molecule has 1 saturated carbocycles. The predicted molar refractivity (Wildman–Crippen MR) is 115 cm³/mol. The van der Waals surface area contributed by atoms with Crippen LogP contribution in [0.4, 0.5) is 4.79 Å². The molecule has 0 spiro atoms. The third-order valence-electron chi connectivity index (χ3n) is 6.12. The highest BCUT2D eigenvalue weighted by Gasteiger charge is 2.60. The number of sulfonamides is 1. The number of nitrogens with zero attached hydrogens (tertiary/aromatic N) is 2. The highest BCUT2D eigenvalue weighted by molar-refractivity contribution is 7.99. The number of benzene rings is 1. The topological polar surface area (TPSA) is 66.9 Å². The fourth-order valence-electron chi connectivity index (χ4n) is 4.26. The maximum Gasteiger partial charge on any atom is 0.410 e. The average molecular weight is 459 g/mol. The summed E-state index contributed by atoms with van der Waals surface area (Å²) in [6.07, 6.45) is 3.83. The molecule has 1 aromatic rings. The Hall–Kier alpha value is -0.960. The standard InChI is InChI=1S/C20H27ClN2O4S2/c1-2-16-13-28-14-18(20(9-10-20)27-19(24)22-11-3-4-12-22)23(16)29(25,26)17-7-5-15(21)6-8-17/h5-8,16,18H,2-4,9-14H2,1H3/t16-,18-/m1/s1. The van der Waals surface area contributed by atoms with Crippen molar-refractivity contribution in [3.8, 4) is 0 Å². The first-order valence-corrected chi connectivity index (χ1v) is 13.2. The highest BCUT2D eigenvalue weighted by atomic mass is 35.5.